The summed E-state index contributed by atoms with van der Waals surface area (Å²) in [6.45, 7) is 4.76. The first-order chi connectivity index (χ1) is 26.0. The standard InChI is InChI=1S/C48H34N4O/c1-48(2)39-19-11-9-17-33(39)36-24-25-37-34-18-10-12-20-40(34)52(44(37)43(36)48)32-22-26-41-38(28-32)35-23-21-31(27-42(35)53-41)47-50-45(29-13-5-3-6-14-29)49-46(51-47)30-15-7-4-8-16-30/h3-11,13-19,21-28H,12,20H2,1-2H3. The highest BCUT2D eigenvalue weighted by atomic mass is 16.3. The highest BCUT2D eigenvalue weighted by molar-refractivity contribution is 6.07. The van der Waals surface area contributed by atoms with Gasteiger partial charge in [-0.2, -0.15) is 0 Å². The fourth-order valence-corrected chi connectivity index (χ4v) is 8.83. The van der Waals surface area contributed by atoms with E-state index in [9.17, 15) is 0 Å². The van der Waals surface area contributed by atoms with Crippen LogP contribution in [0.15, 0.2) is 144 Å². The van der Waals surface area contributed by atoms with E-state index >= 15 is 0 Å². The summed E-state index contributed by atoms with van der Waals surface area (Å²) in [5, 5.41) is 3.47. The molecule has 3 heterocycles. The van der Waals surface area contributed by atoms with Gasteiger partial charge in [0, 0.05) is 55.2 Å². The number of aromatic nitrogens is 4. The van der Waals surface area contributed by atoms with Crippen molar-refractivity contribution in [3.8, 4) is 51.0 Å². The third-order valence-electron chi connectivity index (χ3n) is 11.3. The molecule has 0 saturated carbocycles. The molecule has 2 aliphatic carbocycles. The first-order valence-electron chi connectivity index (χ1n) is 18.3. The van der Waals surface area contributed by atoms with Crippen molar-refractivity contribution < 1.29 is 4.42 Å². The highest BCUT2D eigenvalue weighted by Gasteiger charge is 2.39. The van der Waals surface area contributed by atoms with E-state index in [1.807, 2.05) is 60.7 Å². The fraction of sp³-hybridized carbons (Fsp3) is 0.104. The van der Waals surface area contributed by atoms with Crippen LogP contribution >= 0.6 is 0 Å². The van der Waals surface area contributed by atoms with Gasteiger partial charge < -0.3 is 8.98 Å². The molecule has 9 aromatic rings. The molecule has 0 amide bonds. The first kappa shape index (κ1) is 30.1. The Balaban J connectivity index is 1.09. The summed E-state index contributed by atoms with van der Waals surface area (Å²) >= 11 is 0. The molecule has 0 fully saturated rings. The van der Waals surface area contributed by atoms with Gasteiger partial charge in [0.15, 0.2) is 17.5 Å². The van der Waals surface area contributed by atoms with Crippen LogP contribution < -0.4 is 0 Å². The lowest BCUT2D eigenvalue weighted by Crippen LogP contribution is -2.16. The maximum atomic E-state index is 6.57. The molecular formula is C48H34N4O. The summed E-state index contributed by atoms with van der Waals surface area (Å²) < 4.78 is 9.12. The highest BCUT2D eigenvalue weighted by Crippen LogP contribution is 2.53. The lowest BCUT2D eigenvalue weighted by molar-refractivity contribution is 0.662. The number of nitrogens with zero attached hydrogens (tertiary/aromatic N) is 4. The molecule has 0 N–H and O–H groups in total. The van der Waals surface area contributed by atoms with Crippen LogP contribution in [0.5, 0.6) is 0 Å². The van der Waals surface area contributed by atoms with E-state index in [0.29, 0.717) is 17.5 Å². The number of hydrogen-bond donors (Lipinski definition) is 0. The minimum absolute atomic E-state index is 0.132. The fourth-order valence-electron chi connectivity index (χ4n) is 8.83. The number of hydrogen-bond acceptors (Lipinski definition) is 4. The average molecular weight is 683 g/mol. The van der Waals surface area contributed by atoms with Crippen LogP contribution in [-0.4, -0.2) is 19.5 Å². The molecule has 5 heteroatoms. The molecule has 0 unspecified atom stereocenters. The molecule has 0 atom stereocenters. The van der Waals surface area contributed by atoms with Gasteiger partial charge in [-0.25, -0.2) is 15.0 Å². The van der Waals surface area contributed by atoms with Gasteiger partial charge in [0.25, 0.3) is 0 Å². The Morgan fingerprint density at radius 1 is 0.585 bits per heavy atom. The van der Waals surface area contributed by atoms with E-state index in [1.54, 1.807) is 0 Å². The first-order valence-corrected chi connectivity index (χ1v) is 18.3. The van der Waals surface area contributed by atoms with Crippen molar-refractivity contribution >= 4 is 38.9 Å². The van der Waals surface area contributed by atoms with Crippen LogP contribution in [-0.2, 0) is 11.8 Å². The Hall–Kier alpha value is -6.59. The largest absolute Gasteiger partial charge is 0.456 e. The maximum absolute atomic E-state index is 6.57. The van der Waals surface area contributed by atoms with Gasteiger partial charge in [0.2, 0.25) is 0 Å². The predicted octanol–water partition coefficient (Wildman–Crippen LogP) is 12.0. The molecule has 11 rings (SSSR count). The lowest BCUT2D eigenvalue weighted by atomic mass is 9.81. The van der Waals surface area contributed by atoms with E-state index in [2.05, 4.69) is 103 Å². The minimum atomic E-state index is -0.132. The van der Waals surface area contributed by atoms with Crippen LogP contribution in [0.2, 0.25) is 0 Å². The Morgan fingerprint density at radius 3 is 2.02 bits per heavy atom. The van der Waals surface area contributed by atoms with E-state index in [-0.39, 0.29) is 5.41 Å². The molecule has 0 spiro atoms. The molecule has 0 aliphatic heterocycles. The molecule has 3 aromatic heterocycles. The third kappa shape index (κ3) is 4.47. The van der Waals surface area contributed by atoms with Crippen LogP contribution in [0.1, 0.15) is 42.7 Å². The van der Waals surface area contributed by atoms with E-state index < -0.39 is 0 Å². The van der Waals surface area contributed by atoms with Gasteiger partial charge >= 0.3 is 0 Å². The van der Waals surface area contributed by atoms with Gasteiger partial charge in [0.05, 0.1) is 5.52 Å². The molecule has 0 saturated heterocycles. The van der Waals surface area contributed by atoms with Crippen LogP contribution in [0.4, 0.5) is 0 Å². The molecular weight excluding hydrogens is 649 g/mol. The van der Waals surface area contributed by atoms with Crippen LogP contribution in [0.3, 0.4) is 0 Å². The summed E-state index contributed by atoms with van der Waals surface area (Å²) in [6, 6.07) is 46.8. The Labute approximate surface area is 306 Å². The van der Waals surface area contributed by atoms with Crippen molar-refractivity contribution in [2.75, 3.05) is 0 Å². The van der Waals surface area contributed by atoms with Crippen molar-refractivity contribution in [2.45, 2.75) is 32.1 Å². The summed E-state index contributed by atoms with van der Waals surface area (Å²) in [6.07, 6.45) is 6.68. The lowest BCUT2D eigenvalue weighted by Gasteiger charge is -2.24. The van der Waals surface area contributed by atoms with Crippen molar-refractivity contribution in [2.24, 2.45) is 0 Å². The second-order valence-corrected chi connectivity index (χ2v) is 14.7. The monoisotopic (exact) mass is 682 g/mol. The van der Waals surface area contributed by atoms with Gasteiger partial charge in [-0.15, -0.1) is 0 Å². The van der Waals surface area contributed by atoms with Gasteiger partial charge in [0.1, 0.15) is 11.2 Å². The summed E-state index contributed by atoms with van der Waals surface area (Å²) in [5.41, 5.74) is 14.9. The topological polar surface area (TPSA) is 56.7 Å². The van der Waals surface area contributed by atoms with Gasteiger partial charge in [-0.05, 0) is 65.4 Å². The quantitative estimate of drug-likeness (QED) is 0.185. The summed E-state index contributed by atoms with van der Waals surface area (Å²) in [5.74, 6) is 1.88. The number of rotatable bonds is 4. The summed E-state index contributed by atoms with van der Waals surface area (Å²) in [7, 11) is 0. The maximum Gasteiger partial charge on any atom is 0.164 e. The molecule has 0 radical (unpaired) electrons. The van der Waals surface area contributed by atoms with E-state index in [1.165, 1.54) is 44.4 Å². The molecule has 6 aromatic carbocycles. The number of furan rings is 1. The smallest absolute Gasteiger partial charge is 0.164 e. The Morgan fingerprint density at radius 2 is 1.26 bits per heavy atom. The van der Waals surface area contributed by atoms with Crippen molar-refractivity contribution in [1.29, 1.82) is 0 Å². The average Bonchev–Trinajstić information content (AvgIpc) is 3.83. The van der Waals surface area contributed by atoms with Gasteiger partial charge in [-0.1, -0.05) is 129 Å². The van der Waals surface area contributed by atoms with E-state index in [0.717, 1.165) is 57.2 Å². The Bertz CT molecular complexity index is 2910. The third-order valence-corrected chi connectivity index (χ3v) is 11.3. The molecule has 53 heavy (non-hydrogen) atoms. The van der Waals surface area contributed by atoms with Crippen molar-refractivity contribution in [3.05, 3.63) is 162 Å². The zero-order valence-corrected chi connectivity index (χ0v) is 29.5. The minimum Gasteiger partial charge on any atom is -0.456 e. The Kier molecular flexibility index (Phi) is 6.36. The van der Waals surface area contributed by atoms with Crippen LogP contribution in [0.25, 0.3) is 89.9 Å². The van der Waals surface area contributed by atoms with E-state index in [4.69, 9.17) is 19.4 Å². The van der Waals surface area contributed by atoms with Crippen molar-refractivity contribution in [3.63, 3.8) is 0 Å². The predicted molar refractivity (Wildman–Crippen MR) is 215 cm³/mol. The molecule has 252 valence electrons. The normalized spacial score (nSPS) is 14.2. The van der Waals surface area contributed by atoms with Crippen LogP contribution in [0, 0.1) is 0 Å². The SMILES string of the molecule is CC1(C)c2ccccc2-c2ccc3c4c(n(-c5ccc6oc7cc(-c8nc(-c9ccccc9)nc(-c9ccccc9)n8)ccc7c6c5)c3c21)CCC=C4. The summed E-state index contributed by atoms with van der Waals surface area (Å²) in [4.78, 5) is 14.8. The van der Waals surface area contributed by atoms with Crippen molar-refractivity contribution in [1.82, 2.24) is 19.5 Å². The zero-order valence-electron chi connectivity index (χ0n) is 29.5. The molecule has 2 aliphatic rings. The number of benzene rings is 6. The number of fused-ring (bicyclic) bond motifs is 10. The second-order valence-electron chi connectivity index (χ2n) is 14.7. The second kappa shape index (κ2) is 11.2. The molecule has 5 nitrogen and oxygen atoms in total. The number of allylic oxidation sites excluding steroid dienone is 1. The zero-order chi connectivity index (χ0) is 35.3. The molecule has 0 bridgehead atoms. The van der Waals surface area contributed by atoms with Gasteiger partial charge in [-0.3, -0.25) is 0 Å².